The van der Waals surface area contributed by atoms with Gasteiger partial charge in [0.25, 0.3) is 0 Å². The van der Waals surface area contributed by atoms with Crippen molar-refractivity contribution in [1.29, 1.82) is 0 Å². The largest absolute Gasteiger partial charge is 0.481 e. The lowest BCUT2D eigenvalue weighted by molar-refractivity contribution is -0.137. The van der Waals surface area contributed by atoms with Gasteiger partial charge in [-0.25, -0.2) is 9.97 Å². The number of hydrogen-bond donors (Lipinski definition) is 2. The van der Waals surface area contributed by atoms with Crippen LogP contribution in [0.3, 0.4) is 0 Å². The van der Waals surface area contributed by atoms with Gasteiger partial charge in [-0.3, -0.25) is 4.79 Å². The standard InChI is InChI=1S/C24H21N3O3/c28-24(29)15-19(17-7-2-1-3-8-17)14-23-27-21(16-30-23)18-9-6-10-20(13-18)26-22-11-4-5-12-25-22/h1-13,16,19H,14-15H2,(H,25,26)(H,28,29). The number of carbonyl (C=O) groups is 1. The zero-order valence-electron chi connectivity index (χ0n) is 16.2. The summed E-state index contributed by atoms with van der Waals surface area (Å²) < 4.78 is 5.67. The van der Waals surface area contributed by atoms with Crippen molar-refractivity contribution in [3.63, 3.8) is 0 Å². The Morgan fingerprint density at radius 2 is 1.87 bits per heavy atom. The molecule has 2 aromatic carbocycles. The van der Waals surface area contributed by atoms with Crippen LogP contribution >= 0.6 is 0 Å². The Kier molecular flexibility index (Phi) is 5.85. The molecule has 4 rings (SSSR count). The summed E-state index contributed by atoms with van der Waals surface area (Å²) in [4.78, 5) is 20.2. The van der Waals surface area contributed by atoms with Gasteiger partial charge in [0.1, 0.15) is 17.8 Å². The van der Waals surface area contributed by atoms with Crippen molar-refractivity contribution in [2.45, 2.75) is 18.8 Å². The summed E-state index contributed by atoms with van der Waals surface area (Å²) in [6.07, 6.45) is 3.78. The number of pyridine rings is 1. The highest BCUT2D eigenvalue weighted by molar-refractivity contribution is 5.68. The number of oxazole rings is 1. The first kappa shape index (κ1) is 19.4. The highest BCUT2D eigenvalue weighted by Gasteiger charge is 2.19. The molecule has 1 unspecified atom stereocenters. The van der Waals surface area contributed by atoms with Crippen molar-refractivity contribution in [3.8, 4) is 11.3 Å². The van der Waals surface area contributed by atoms with E-state index >= 15 is 0 Å². The van der Waals surface area contributed by atoms with Gasteiger partial charge in [0.05, 0.1) is 6.42 Å². The number of benzene rings is 2. The summed E-state index contributed by atoms with van der Waals surface area (Å²) in [5, 5.41) is 12.6. The minimum Gasteiger partial charge on any atom is -0.481 e. The zero-order chi connectivity index (χ0) is 20.8. The Bertz CT molecular complexity index is 1110. The zero-order valence-corrected chi connectivity index (χ0v) is 16.2. The molecule has 6 nitrogen and oxygen atoms in total. The maximum atomic E-state index is 11.3. The second-order valence-electron chi connectivity index (χ2n) is 6.96. The molecule has 1 atom stereocenters. The van der Waals surface area contributed by atoms with Crippen LogP contribution in [0.4, 0.5) is 11.5 Å². The average molecular weight is 399 g/mol. The minimum atomic E-state index is -0.844. The molecule has 0 fully saturated rings. The number of aliphatic carboxylic acids is 1. The SMILES string of the molecule is O=C(O)CC(Cc1nc(-c2cccc(Nc3ccccn3)c2)co1)c1ccccc1. The molecule has 0 radical (unpaired) electrons. The molecule has 2 aromatic heterocycles. The van der Waals surface area contributed by atoms with E-state index in [0.29, 0.717) is 18.0 Å². The lowest BCUT2D eigenvalue weighted by Gasteiger charge is -2.13. The molecule has 2 heterocycles. The first-order valence-corrected chi connectivity index (χ1v) is 9.67. The van der Waals surface area contributed by atoms with E-state index in [1.165, 1.54) is 0 Å². The van der Waals surface area contributed by atoms with E-state index in [1.807, 2.05) is 72.8 Å². The monoisotopic (exact) mass is 399 g/mol. The van der Waals surface area contributed by atoms with Crippen molar-refractivity contribution in [1.82, 2.24) is 9.97 Å². The van der Waals surface area contributed by atoms with Crippen molar-refractivity contribution in [2.75, 3.05) is 5.32 Å². The van der Waals surface area contributed by atoms with Crippen LogP contribution in [0.2, 0.25) is 0 Å². The van der Waals surface area contributed by atoms with E-state index in [-0.39, 0.29) is 12.3 Å². The molecule has 0 aliphatic rings. The van der Waals surface area contributed by atoms with Crippen LogP contribution in [0.5, 0.6) is 0 Å². The predicted molar refractivity (Wildman–Crippen MR) is 115 cm³/mol. The van der Waals surface area contributed by atoms with Crippen molar-refractivity contribution >= 4 is 17.5 Å². The molecule has 30 heavy (non-hydrogen) atoms. The van der Waals surface area contributed by atoms with Crippen LogP contribution in [-0.2, 0) is 11.2 Å². The molecule has 0 spiro atoms. The Labute approximate surface area is 174 Å². The molecule has 0 bridgehead atoms. The van der Waals surface area contributed by atoms with Gasteiger partial charge in [0.2, 0.25) is 0 Å². The average Bonchev–Trinajstić information content (AvgIpc) is 3.23. The van der Waals surface area contributed by atoms with E-state index in [4.69, 9.17) is 4.42 Å². The molecule has 0 amide bonds. The summed E-state index contributed by atoms with van der Waals surface area (Å²) >= 11 is 0. The molecule has 4 aromatic rings. The van der Waals surface area contributed by atoms with Gasteiger partial charge >= 0.3 is 5.97 Å². The Hall–Kier alpha value is -3.93. The summed E-state index contributed by atoms with van der Waals surface area (Å²) in [7, 11) is 0. The second kappa shape index (κ2) is 9.05. The lowest BCUT2D eigenvalue weighted by atomic mass is 9.92. The number of nitrogens with one attached hydrogen (secondary N) is 1. The molecule has 150 valence electrons. The van der Waals surface area contributed by atoms with E-state index in [0.717, 1.165) is 22.6 Å². The number of carboxylic acid groups (broad SMARTS) is 1. The van der Waals surface area contributed by atoms with E-state index < -0.39 is 5.97 Å². The van der Waals surface area contributed by atoms with Gasteiger partial charge in [-0.2, -0.15) is 0 Å². The third-order valence-electron chi connectivity index (χ3n) is 4.76. The molecular formula is C24H21N3O3. The number of carboxylic acids is 1. The van der Waals surface area contributed by atoms with E-state index in [1.54, 1.807) is 12.5 Å². The van der Waals surface area contributed by atoms with Crippen LogP contribution < -0.4 is 5.32 Å². The number of anilines is 2. The van der Waals surface area contributed by atoms with Gasteiger partial charge in [0, 0.05) is 29.8 Å². The van der Waals surface area contributed by atoms with Crippen LogP contribution in [0.15, 0.2) is 89.7 Å². The maximum Gasteiger partial charge on any atom is 0.303 e. The van der Waals surface area contributed by atoms with Crippen molar-refractivity contribution < 1.29 is 14.3 Å². The number of aromatic nitrogens is 2. The normalized spacial score (nSPS) is 11.7. The third-order valence-corrected chi connectivity index (χ3v) is 4.76. The summed E-state index contributed by atoms with van der Waals surface area (Å²) in [6, 6.07) is 23.1. The van der Waals surface area contributed by atoms with Crippen LogP contribution in [0, 0.1) is 0 Å². The second-order valence-corrected chi connectivity index (χ2v) is 6.96. The molecule has 0 aliphatic carbocycles. The Morgan fingerprint density at radius 1 is 1.03 bits per heavy atom. The summed E-state index contributed by atoms with van der Waals surface area (Å²) in [5.74, 6) is 0.231. The van der Waals surface area contributed by atoms with Crippen molar-refractivity contribution in [3.05, 3.63) is 96.7 Å². The first-order valence-electron chi connectivity index (χ1n) is 9.67. The molecule has 0 saturated carbocycles. The fourth-order valence-electron chi connectivity index (χ4n) is 3.33. The summed E-state index contributed by atoms with van der Waals surface area (Å²) in [6.45, 7) is 0. The first-order chi connectivity index (χ1) is 14.7. The maximum absolute atomic E-state index is 11.3. The lowest BCUT2D eigenvalue weighted by Crippen LogP contribution is -2.09. The van der Waals surface area contributed by atoms with Crippen LogP contribution in [0.1, 0.15) is 23.8 Å². The minimum absolute atomic E-state index is 0.0191. The quantitative estimate of drug-likeness (QED) is 0.419. The Morgan fingerprint density at radius 3 is 2.63 bits per heavy atom. The fraction of sp³-hybridized carbons (Fsp3) is 0.125. The predicted octanol–water partition coefficient (Wildman–Crippen LogP) is 5.28. The number of rotatable bonds is 8. The molecule has 0 saturated heterocycles. The number of nitrogens with zero attached hydrogens (tertiary/aromatic N) is 2. The Balaban J connectivity index is 1.52. The third kappa shape index (κ3) is 4.91. The van der Waals surface area contributed by atoms with Gasteiger partial charge in [0.15, 0.2) is 5.89 Å². The topological polar surface area (TPSA) is 88.2 Å². The molecular weight excluding hydrogens is 378 g/mol. The van der Waals surface area contributed by atoms with E-state index in [2.05, 4.69) is 15.3 Å². The van der Waals surface area contributed by atoms with Gasteiger partial charge < -0.3 is 14.8 Å². The highest BCUT2D eigenvalue weighted by Crippen LogP contribution is 2.27. The fourth-order valence-corrected chi connectivity index (χ4v) is 3.33. The molecule has 2 N–H and O–H groups in total. The van der Waals surface area contributed by atoms with Gasteiger partial charge in [-0.15, -0.1) is 0 Å². The highest BCUT2D eigenvalue weighted by atomic mass is 16.4. The smallest absolute Gasteiger partial charge is 0.303 e. The number of hydrogen-bond acceptors (Lipinski definition) is 5. The van der Waals surface area contributed by atoms with Crippen LogP contribution in [-0.4, -0.2) is 21.0 Å². The molecule has 6 heteroatoms. The van der Waals surface area contributed by atoms with Gasteiger partial charge in [-0.05, 0) is 29.8 Å². The van der Waals surface area contributed by atoms with Crippen molar-refractivity contribution in [2.24, 2.45) is 0 Å². The van der Waals surface area contributed by atoms with Gasteiger partial charge in [-0.1, -0.05) is 48.5 Å². The van der Waals surface area contributed by atoms with Crippen LogP contribution in [0.25, 0.3) is 11.3 Å². The van der Waals surface area contributed by atoms with E-state index in [9.17, 15) is 9.90 Å². The summed E-state index contributed by atoms with van der Waals surface area (Å²) in [5.41, 5.74) is 3.46. The molecule has 0 aliphatic heterocycles.